The maximum absolute atomic E-state index is 13.2. The molecule has 5 nitrogen and oxygen atoms in total. The van der Waals surface area contributed by atoms with Crippen LogP contribution in [0.15, 0.2) is 41.3 Å². The van der Waals surface area contributed by atoms with Gasteiger partial charge in [0.1, 0.15) is 0 Å². The molecule has 0 spiro atoms. The van der Waals surface area contributed by atoms with Gasteiger partial charge >= 0.3 is 0 Å². The lowest BCUT2D eigenvalue weighted by atomic mass is 10.1. The van der Waals surface area contributed by atoms with Crippen molar-refractivity contribution in [1.82, 2.24) is 0 Å². The Morgan fingerprint density at radius 1 is 1.24 bits per heavy atom. The summed E-state index contributed by atoms with van der Waals surface area (Å²) < 4.78 is 39.7. The van der Waals surface area contributed by atoms with Crippen LogP contribution in [0.5, 0.6) is 5.75 Å². The fourth-order valence-corrected chi connectivity index (χ4v) is 2.85. The molecule has 0 aliphatic heterocycles. The number of benzene rings is 2. The van der Waals surface area contributed by atoms with E-state index in [1.807, 2.05) is 6.07 Å². The lowest BCUT2D eigenvalue weighted by molar-refractivity contribution is 0.432. The van der Waals surface area contributed by atoms with Crippen LogP contribution in [-0.4, -0.2) is 13.5 Å². The van der Waals surface area contributed by atoms with Crippen LogP contribution in [0, 0.1) is 24.1 Å². The molecule has 2 aromatic carbocycles. The summed E-state index contributed by atoms with van der Waals surface area (Å²) in [6.07, 6.45) is 0. The van der Waals surface area contributed by atoms with Crippen LogP contribution in [0.4, 0.5) is 10.1 Å². The molecule has 0 atom stereocenters. The van der Waals surface area contributed by atoms with Crippen LogP contribution < -0.4 is 4.72 Å². The molecule has 2 aromatic rings. The van der Waals surface area contributed by atoms with Crippen molar-refractivity contribution in [2.45, 2.75) is 11.8 Å². The first-order chi connectivity index (χ1) is 9.83. The Bertz CT molecular complexity index is 842. The number of anilines is 1. The number of aryl methyl sites for hydroxylation is 1. The van der Waals surface area contributed by atoms with Crippen LogP contribution in [-0.2, 0) is 10.0 Å². The average Bonchev–Trinajstić information content (AvgIpc) is 2.42. The second-order valence-electron chi connectivity index (χ2n) is 4.36. The van der Waals surface area contributed by atoms with Gasteiger partial charge in [-0.2, -0.15) is 5.26 Å². The summed E-state index contributed by atoms with van der Waals surface area (Å²) in [5.41, 5.74) is 0.897. The fourth-order valence-electron chi connectivity index (χ4n) is 1.71. The van der Waals surface area contributed by atoms with Gasteiger partial charge in [0.15, 0.2) is 11.6 Å². The number of hydrogen-bond acceptors (Lipinski definition) is 4. The predicted molar refractivity (Wildman–Crippen MR) is 74.8 cm³/mol. The molecule has 0 aliphatic rings. The van der Waals surface area contributed by atoms with E-state index in [1.54, 1.807) is 6.92 Å². The van der Waals surface area contributed by atoms with E-state index in [9.17, 15) is 12.8 Å². The number of sulfonamides is 1. The van der Waals surface area contributed by atoms with E-state index in [0.29, 0.717) is 11.1 Å². The third-order valence-electron chi connectivity index (χ3n) is 2.83. The summed E-state index contributed by atoms with van der Waals surface area (Å²) in [4.78, 5) is -0.0347. The SMILES string of the molecule is Cc1cc(S(=O)(=O)Nc2ccc(O)c(F)c2)ccc1C#N. The number of nitriles is 1. The molecule has 108 valence electrons. The van der Waals surface area contributed by atoms with Gasteiger partial charge in [-0.05, 0) is 42.8 Å². The smallest absolute Gasteiger partial charge is 0.261 e. The number of phenolic OH excluding ortho intramolecular Hbond substituents is 1. The predicted octanol–water partition coefficient (Wildman–Crippen LogP) is 2.51. The second-order valence-corrected chi connectivity index (χ2v) is 6.04. The molecule has 0 saturated carbocycles. The number of hydrogen-bond donors (Lipinski definition) is 2. The number of rotatable bonds is 3. The highest BCUT2D eigenvalue weighted by Gasteiger charge is 2.16. The first kappa shape index (κ1) is 14.8. The summed E-state index contributed by atoms with van der Waals surface area (Å²) in [7, 11) is -3.90. The molecule has 2 rings (SSSR count). The minimum Gasteiger partial charge on any atom is -0.505 e. The zero-order chi connectivity index (χ0) is 15.6. The number of phenols is 1. The Balaban J connectivity index is 2.36. The summed E-state index contributed by atoms with van der Waals surface area (Å²) in [5.74, 6) is -1.49. The van der Waals surface area contributed by atoms with E-state index >= 15 is 0 Å². The number of nitrogens with zero attached hydrogens (tertiary/aromatic N) is 1. The average molecular weight is 306 g/mol. The molecule has 0 aromatic heterocycles. The van der Waals surface area contributed by atoms with Crippen molar-refractivity contribution in [3.8, 4) is 11.8 Å². The Kier molecular flexibility index (Phi) is 3.82. The van der Waals surface area contributed by atoms with Crippen molar-refractivity contribution in [1.29, 1.82) is 5.26 Å². The van der Waals surface area contributed by atoms with Gasteiger partial charge in [-0.1, -0.05) is 0 Å². The minimum atomic E-state index is -3.90. The highest BCUT2D eigenvalue weighted by molar-refractivity contribution is 7.92. The van der Waals surface area contributed by atoms with E-state index in [1.165, 1.54) is 24.3 Å². The van der Waals surface area contributed by atoms with Crippen molar-refractivity contribution in [2.24, 2.45) is 0 Å². The van der Waals surface area contributed by atoms with Crippen molar-refractivity contribution >= 4 is 15.7 Å². The topological polar surface area (TPSA) is 90.2 Å². The first-order valence-electron chi connectivity index (χ1n) is 5.85. The van der Waals surface area contributed by atoms with Gasteiger partial charge in [-0.25, -0.2) is 12.8 Å². The molecule has 0 bridgehead atoms. The van der Waals surface area contributed by atoms with Gasteiger partial charge in [0, 0.05) is 6.07 Å². The Labute approximate surface area is 121 Å². The number of halogens is 1. The second kappa shape index (κ2) is 5.42. The fraction of sp³-hybridized carbons (Fsp3) is 0.0714. The minimum absolute atomic E-state index is 0.00712. The molecule has 0 radical (unpaired) electrons. The van der Waals surface area contributed by atoms with E-state index in [0.717, 1.165) is 12.1 Å². The zero-order valence-electron chi connectivity index (χ0n) is 11.0. The largest absolute Gasteiger partial charge is 0.505 e. The zero-order valence-corrected chi connectivity index (χ0v) is 11.8. The van der Waals surface area contributed by atoms with Crippen LogP contribution >= 0.6 is 0 Å². The molecular weight excluding hydrogens is 295 g/mol. The third-order valence-corrected chi connectivity index (χ3v) is 4.21. The molecule has 0 heterocycles. The van der Waals surface area contributed by atoms with Crippen molar-refractivity contribution in [3.05, 3.63) is 53.3 Å². The van der Waals surface area contributed by atoms with Gasteiger partial charge < -0.3 is 5.11 Å². The normalized spacial score (nSPS) is 10.9. The number of nitrogens with one attached hydrogen (secondary N) is 1. The summed E-state index contributed by atoms with van der Waals surface area (Å²) >= 11 is 0. The standard InChI is InChI=1S/C14H11FN2O3S/c1-9-6-12(4-2-10(9)8-16)21(19,20)17-11-3-5-14(18)13(15)7-11/h2-7,17-18H,1H3. The van der Waals surface area contributed by atoms with Crippen LogP contribution in [0.25, 0.3) is 0 Å². The summed E-state index contributed by atoms with van der Waals surface area (Å²) in [6, 6.07) is 9.18. The maximum atomic E-state index is 13.2. The Morgan fingerprint density at radius 3 is 2.52 bits per heavy atom. The van der Waals surface area contributed by atoms with Crippen molar-refractivity contribution in [2.75, 3.05) is 4.72 Å². The van der Waals surface area contributed by atoms with Crippen molar-refractivity contribution < 1.29 is 17.9 Å². The molecule has 21 heavy (non-hydrogen) atoms. The lowest BCUT2D eigenvalue weighted by Gasteiger charge is -2.09. The summed E-state index contributed by atoms with van der Waals surface area (Å²) in [6.45, 7) is 1.62. The van der Waals surface area contributed by atoms with Crippen LogP contribution in [0.3, 0.4) is 0 Å². The molecule has 7 heteroatoms. The molecule has 0 aliphatic carbocycles. The first-order valence-corrected chi connectivity index (χ1v) is 7.34. The third kappa shape index (κ3) is 3.12. The molecule has 0 fully saturated rings. The highest BCUT2D eigenvalue weighted by atomic mass is 32.2. The van der Waals surface area contributed by atoms with Gasteiger partial charge in [-0.3, -0.25) is 4.72 Å². The lowest BCUT2D eigenvalue weighted by Crippen LogP contribution is -2.13. The van der Waals surface area contributed by atoms with Gasteiger partial charge in [0.2, 0.25) is 0 Å². The summed E-state index contributed by atoms with van der Waals surface area (Å²) in [5, 5.41) is 17.9. The molecule has 0 saturated heterocycles. The number of aromatic hydroxyl groups is 1. The molecule has 2 N–H and O–H groups in total. The van der Waals surface area contributed by atoms with E-state index in [4.69, 9.17) is 10.4 Å². The van der Waals surface area contributed by atoms with Gasteiger partial charge in [0.25, 0.3) is 10.0 Å². The van der Waals surface area contributed by atoms with Gasteiger partial charge in [0.05, 0.1) is 22.2 Å². The van der Waals surface area contributed by atoms with Crippen LogP contribution in [0.2, 0.25) is 0 Å². The van der Waals surface area contributed by atoms with E-state index < -0.39 is 21.6 Å². The van der Waals surface area contributed by atoms with Gasteiger partial charge in [-0.15, -0.1) is 0 Å². The Hall–Kier alpha value is -2.59. The Morgan fingerprint density at radius 2 is 1.95 bits per heavy atom. The van der Waals surface area contributed by atoms with E-state index in [-0.39, 0.29) is 10.6 Å². The quantitative estimate of drug-likeness (QED) is 0.853. The van der Waals surface area contributed by atoms with Crippen molar-refractivity contribution in [3.63, 3.8) is 0 Å². The molecule has 0 unspecified atom stereocenters. The molecular formula is C14H11FN2O3S. The maximum Gasteiger partial charge on any atom is 0.261 e. The monoisotopic (exact) mass is 306 g/mol. The van der Waals surface area contributed by atoms with E-state index in [2.05, 4.69) is 4.72 Å². The van der Waals surface area contributed by atoms with Crippen LogP contribution in [0.1, 0.15) is 11.1 Å². The highest BCUT2D eigenvalue weighted by Crippen LogP contribution is 2.23. The molecule has 0 amide bonds.